The zero-order chi connectivity index (χ0) is 16.2. The molecule has 2 heterocycles. The van der Waals surface area contributed by atoms with E-state index in [2.05, 4.69) is 15.6 Å². The zero-order valence-corrected chi connectivity index (χ0v) is 13.2. The quantitative estimate of drug-likeness (QED) is 0.871. The molecule has 0 bridgehead atoms. The first kappa shape index (κ1) is 16.6. The third kappa shape index (κ3) is 3.97. The molecule has 1 aliphatic heterocycles. The number of nitrogens with one attached hydrogen (secondary N) is 2. The SMILES string of the molecule is FC(F)c1cc(C2CNCCC2F)cnc1NC1CCCCC1. The predicted octanol–water partition coefficient (Wildman–Crippen LogP) is 4.18. The van der Waals surface area contributed by atoms with E-state index in [0.29, 0.717) is 25.1 Å². The third-order valence-electron chi connectivity index (χ3n) is 4.95. The Kier molecular flexibility index (Phi) is 5.41. The van der Waals surface area contributed by atoms with Crippen molar-refractivity contribution in [3.63, 3.8) is 0 Å². The fourth-order valence-corrected chi connectivity index (χ4v) is 3.58. The fourth-order valence-electron chi connectivity index (χ4n) is 3.58. The summed E-state index contributed by atoms with van der Waals surface area (Å²) in [5.74, 6) is -0.132. The number of hydrogen-bond donors (Lipinski definition) is 2. The van der Waals surface area contributed by atoms with Crippen LogP contribution in [-0.2, 0) is 0 Å². The highest BCUT2D eigenvalue weighted by atomic mass is 19.3. The van der Waals surface area contributed by atoms with Gasteiger partial charge in [0.25, 0.3) is 6.43 Å². The molecule has 2 unspecified atom stereocenters. The van der Waals surface area contributed by atoms with Crippen molar-refractivity contribution in [2.24, 2.45) is 0 Å². The van der Waals surface area contributed by atoms with Crippen molar-refractivity contribution in [1.82, 2.24) is 10.3 Å². The van der Waals surface area contributed by atoms with E-state index in [1.165, 1.54) is 12.5 Å². The number of aromatic nitrogens is 1. The summed E-state index contributed by atoms with van der Waals surface area (Å²) in [6, 6.07) is 1.65. The fraction of sp³-hybridized carbons (Fsp3) is 0.706. The van der Waals surface area contributed by atoms with Crippen molar-refractivity contribution >= 4 is 5.82 Å². The van der Waals surface area contributed by atoms with E-state index in [4.69, 9.17) is 0 Å². The lowest BCUT2D eigenvalue weighted by Crippen LogP contribution is -2.36. The van der Waals surface area contributed by atoms with Crippen LogP contribution in [0.5, 0.6) is 0 Å². The lowest BCUT2D eigenvalue weighted by molar-refractivity contribution is 0.151. The first-order chi connectivity index (χ1) is 11.1. The molecule has 6 heteroatoms. The average Bonchev–Trinajstić information content (AvgIpc) is 2.56. The maximum Gasteiger partial charge on any atom is 0.267 e. The molecule has 2 atom stereocenters. The van der Waals surface area contributed by atoms with Crippen LogP contribution in [0.15, 0.2) is 12.3 Å². The summed E-state index contributed by atoms with van der Waals surface area (Å²) in [6.07, 6.45) is 3.80. The van der Waals surface area contributed by atoms with Gasteiger partial charge in [-0.2, -0.15) is 0 Å². The average molecular weight is 327 g/mol. The lowest BCUT2D eigenvalue weighted by Gasteiger charge is -2.28. The monoisotopic (exact) mass is 327 g/mol. The molecule has 0 amide bonds. The Balaban J connectivity index is 1.80. The minimum Gasteiger partial charge on any atom is -0.367 e. The molecule has 1 aliphatic carbocycles. The summed E-state index contributed by atoms with van der Waals surface area (Å²) >= 11 is 0. The Morgan fingerprint density at radius 3 is 2.65 bits per heavy atom. The molecule has 3 nitrogen and oxygen atoms in total. The molecule has 3 rings (SSSR count). The highest BCUT2D eigenvalue weighted by molar-refractivity contribution is 5.48. The van der Waals surface area contributed by atoms with Crippen LogP contribution in [0.3, 0.4) is 0 Å². The van der Waals surface area contributed by atoms with Crippen molar-refractivity contribution < 1.29 is 13.2 Å². The first-order valence-electron chi connectivity index (χ1n) is 8.54. The van der Waals surface area contributed by atoms with Crippen LogP contribution in [0.1, 0.15) is 62.0 Å². The molecule has 2 N–H and O–H groups in total. The minimum atomic E-state index is -2.61. The highest BCUT2D eigenvalue weighted by Gasteiger charge is 2.28. The van der Waals surface area contributed by atoms with Crippen molar-refractivity contribution in [3.8, 4) is 0 Å². The van der Waals surface area contributed by atoms with Gasteiger partial charge in [-0.15, -0.1) is 0 Å². The maximum atomic E-state index is 14.1. The van der Waals surface area contributed by atoms with E-state index in [1.54, 1.807) is 6.20 Å². The smallest absolute Gasteiger partial charge is 0.267 e. The summed E-state index contributed by atoms with van der Waals surface area (Å²) in [7, 11) is 0. The second kappa shape index (κ2) is 7.51. The molecule has 1 saturated carbocycles. The van der Waals surface area contributed by atoms with Gasteiger partial charge in [-0.25, -0.2) is 18.2 Å². The van der Waals surface area contributed by atoms with Crippen LogP contribution in [0.4, 0.5) is 19.0 Å². The van der Waals surface area contributed by atoms with E-state index in [1.807, 2.05) is 0 Å². The van der Waals surface area contributed by atoms with Crippen molar-refractivity contribution in [3.05, 3.63) is 23.4 Å². The van der Waals surface area contributed by atoms with E-state index in [0.717, 1.165) is 25.7 Å². The number of nitrogens with zero attached hydrogens (tertiary/aromatic N) is 1. The summed E-state index contributed by atoms with van der Waals surface area (Å²) in [5.41, 5.74) is 0.458. The maximum absolute atomic E-state index is 14.1. The number of anilines is 1. The summed E-state index contributed by atoms with van der Waals surface area (Å²) in [6.45, 7) is 1.11. The van der Waals surface area contributed by atoms with Crippen LogP contribution in [0.2, 0.25) is 0 Å². The number of halogens is 3. The van der Waals surface area contributed by atoms with Gasteiger partial charge < -0.3 is 10.6 Å². The molecule has 23 heavy (non-hydrogen) atoms. The molecule has 2 aliphatic rings. The van der Waals surface area contributed by atoms with Crippen molar-refractivity contribution in [2.45, 2.75) is 63.1 Å². The Morgan fingerprint density at radius 1 is 1.17 bits per heavy atom. The van der Waals surface area contributed by atoms with Gasteiger partial charge in [0, 0.05) is 24.7 Å². The van der Waals surface area contributed by atoms with Gasteiger partial charge in [0.2, 0.25) is 0 Å². The Labute approximate surface area is 135 Å². The lowest BCUT2D eigenvalue weighted by atomic mass is 9.90. The second-order valence-electron chi connectivity index (χ2n) is 6.60. The first-order valence-corrected chi connectivity index (χ1v) is 8.54. The van der Waals surface area contributed by atoms with Crippen molar-refractivity contribution in [2.75, 3.05) is 18.4 Å². The number of piperidine rings is 1. The van der Waals surface area contributed by atoms with Gasteiger partial charge in [0.15, 0.2) is 0 Å². The molecular weight excluding hydrogens is 303 g/mol. The topological polar surface area (TPSA) is 37.0 Å². The summed E-state index contributed by atoms with van der Waals surface area (Å²) in [5, 5.41) is 6.29. The van der Waals surface area contributed by atoms with Gasteiger partial charge in [-0.3, -0.25) is 0 Å². The molecule has 0 aromatic carbocycles. The molecule has 0 spiro atoms. The number of rotatable bonds is 4. The van der Waals surface area contributed by atoms with E-state index in [9.17, 15) is 13.2 Å². The standard InChI is InChI=1S/C17H24F3N3/c18-15-6-7-21-10-14(15)11-8-13(16(19)20)17(22-9-11)23-12-4-2-1-3-5-12/h8-9,12,14-16,21H,1-7,10H2,(H,22,23). The summed E-state index contributed by atoms with van der Waals surface area (Å²) < 4.78 is 40.9. The number of alkyl halides is 3. The second-order valence-corrected chi connectivity index (χ2v) is 6.60. The van der Waals surface area contributed by atoms with Crippen LogP contribution < -0.4 is 10.6 Å². The highest BCUT2D eigenvalue weighted by Crippen LogP contribution is 2.33. The molecule has 128 valence electrons. The zero-order valence-electron chi connectivity index (χ0n) is 13.2. The predicted molar refractivity (Wildman–Crippen MR) is 84.8 cm³/mol. The normalized spacial score (nSPS) is 26.4. The molecule has 2 fully saturated rings. The number of hydrogen-bond acceptors (Lipinski definition) is 3. The van der Waals surface area contributed by atoms with Crippen LogP contribution in [0.25, 0.3) is 0 Å². The summed E-state index contributed by atoms with van der Waals surface area (Å²) in [4.78, 5) is 4.22. The van der Waals surface area contributed by atoms with Gasteiger partial charge in [-0.1, -0.05) is 19.3 Å². The van der Waals surface area contributed by atoms with E-state index in [-0.39, 0.29) is 17.4 Å². The van der Waals surface area contributed by atoms with Crippen LogP contribution in [0, 0.1) is 0 Å². The molecule has 1 aromatic rings. The molecular formula is C17H24F3N3. The molecule has 1 saturated heterocycles. The largest absolute Gasteiger partial charge is 0.367 e. The molecule has 1 aromatic heterocycles. The number of pyridine rings is 1. The van der Waals surface area contributed by atoms with Crippen molar-refractivity contribution in [1.29, 1.82) is 0 Å². The third-order valence-corrected chi connectivity index (χ3v) is 4.95. The Bertz CT molecular complexity index is 518. The van der Waals surface area contributed by atoms with Gasteiger partial charge in [-0.05, 0) is 37.4 Å². The van der Waals surface area contributed by atoms with Gasteiger partial charge in [0.05, 0.1) is 5.56 Å². The Hall–Kier alpha value is -1.30. The van der Waals surface area contributed by atoms with Crippen LogP contribution in [-0.4, -0.2) is 30.3 Å². The van der Waals surface area contributed by atoms with Gasteiger partial charge in [0.1, 0.15) is 12.0 Å². The molecule has 0 radical (unpaired) electrons. The Morgan fingerprint density at radius 2 is 1.96 bits per heavy atom. The van der Waals surface area contributed by atoms with Gasteiger partial charge >= 0.3 is 0 Å². The minimum absolute atomic E-state index is 0.106. The van der Waals surface area contributed by atoms with E-state index < -0.39 is 18.5 Å². The van der Waals surface area contributed by atoms with E-state index >= 15 is 0 Å². The van der Waals surface area contributed by atoms with Crippen LogP contribution >= 0.6 is 0 Å².